The fraction of sp³-hybridized carbons (Fsp3) is 0.300. The van der Waals surface area contributed by atoms with Crippen LogP contribution < -0.4 is 15.0 Å². The number of allylic oxidation sites excluding steroid dienone is 1. The van der Waals surface area contributed by atoms with Gasteiger partial charge in [-0.15, -0.1) is 0 Å². The summed E-state index contributed by atoms with van der Waals surface area (Å²) in [4.78, 5) is 13.5. The van der Waals surface area contributed by atoms with Crippen molar-refractivity contribution in [3.8, 4) is 5.75 Å². The first-order valence-corrected chi connectivity index (χ1v) is 9.01. The normalized spacial score (nSPS) is 20.3. The summed E-state index contributed by atoms with van der Waals surface area (Å²) in [5.74, 6) is 1.74. The summed E-state index contributed by atoms with van der Waals surface area (Å²) in [6, 6.07) is 11.9. The highest BCUT2D eigenvalue weighted by molar-refractivity contribution is 5.78. The number of anilines is 2. The van der Waals surface area contributed by atoms with Crippen LogP contribution in [0.4, 0.5) is 11.4 Å². The lowest BCUT2D eigenvalue weighted by Crippen LogP contribution is -2.53. The van der Waals surface area contributed by atoms with Crippen molar-refractivity contribution in [2.75, 3.05) is 43.6 Å². The van der Waals surface area contributed by atoms with Gasteiger partial charge in [-0.25, -0.2) is 0 Å². The summed E-state index contributed by atoms with van der Waals surface area (Å²) in [6.45, 7) is 3.10. The van der Waals surface area contributed by atoms with Crippen LogP contribution in [0.1, 0.15) is 0 Å². The van der Waals surface area contributed by atoms with Crippen molar-refractivity contribution in [3.05, 3.63) is 60.7 Å². The Balaban J connectivity index is 1.69. The molecule has 1 aromatic carbocycles. The predicted octanol–water partition coefficient (Wildman–Crippen LogP) is 2.55. The number of aliphatic imine (C=N–C) groups is 1. The number of nitrogens with zero attached hydrogens (tertiary/aromatic N) is 4. The Hall–Kier alpha value is -2.90. The van der Waals surface area contributed by atoms with E-state index in [-0.39, 0.29) is 6.29 Å². The monoisotopic (exact) mass is 365 g/mol. The Morgan fingerprint density at radius 2 is 2.07 bits per heavy atom. The quantitative estimate of drug-likeness (QED) is 0.879. The predicted molar refractivity (Wildman–Crippen MR) is 106 cm³/mol. The first kappa shape index (κ1) is 17.5. The Morgan fingerprint density at radius 3 is 2.85 bits per heavy atom. The number of aromatic nitrogens is 1. The fourth-order valence-corrected chi connectivity index (χ4v) is 3.25. The Morgan fingerprint density at radius 1 is 1.19 bits per heavy atom. The maximum Gasteiger partial charge on any atom is 0.184 e. The second-order valence-corrected chi connectivity index (χ2v) is 6.28. The molecule has 0 aliphatic carbocycles. The molecular formula is C20H23N5O2. The van der Waals surface area contributed by atoms with Gasteiger partial charge in [0.25, 0.3) is 0 Å². The molecule has 1 fully saturated rings. The standard InChI is InChI=1S/C20H23N5O2/c1-26-18-6-2-5-17(14-18)25-19(23-16-4-3-8-21-15-16)7-9-22-20(25)24-10-12-27-13-11-24/h2-9,14-15,20,23H,10-13H2,1H3. The third kappa shape index (κ3) is 3.94. The number of ether oxygens (including phenoxy) is 2. The van der Waals surface area contributed by atoms with Gasteiger partial charge in [-0.1, -0.05) is 6.07 Å². The number of pyridine rings is 1. The molecule has 140 valence electrons. The lowest BCUT2D eigenvalue weighted by Gasteiger charge is -2.42. The molecule has 1 N–H and O–H groups in total. The van der Waals surface area contributed by atoms with E-state index >= 15 is 0 Å². The summed E-state index contributed by atoms with van der Waals surface area (Å²) in [5, 5.41) is 3.47. The van der Waals surface area contributed by atoms with Crippen LogP contribution in [0.3, 0.4) is 0 Å². The maximum absolute atomic E-state index is 5.52. The van der Waals surface area contributed by atoms with Gasteiger partial charge in [-0.2, -0.15) is 0 Å². The second kappa shape index (κ2) is 8.20. The molecule has 0 radical (unpaired) electrons. The average Bonchev–Trinajstić information content (AvgIpc) is 2.75. The highest BCUT2D eigenvalue weighted by Crippen LogP contribution is 2.30. The number of hydrogen-bond acceptors (Lipinski definition) is 7. The number of methoxy groups -OCH3 is 1. The van der Waals surface area contributed by atoms with Gasteiger partial charge in [0, 0.05) is 37.3 Å². The molecule has 27 heavy (non-hydrogen) atoms. The van der Waals surface area contributed by atoms with Gasteiger partial charge in [0.15, 0.2) is 6.29 Å². The van der Waals surface area contributed by atoms with Crippen molar-refractivity contribution < 1.29 is 9.47 Å². The van der Waals surface area contributed by atoms with Crippen LogP contribution >= 0.6 is 0 Å². The first-order chi connectivity index (χ1) is 13.3. The molecule has 1 aromatic heterocycles. The molecule has 1 atom stereocenters. The van der Waals surface area contributed by atoms with E-state index in [0.29, 0.717) is 13.2 Å². The molecule has 0 amide bonds. The molecule has 2 aliphatic rings. The molecule has 7 nitrogen and oxygen atoms in total. The zero-order valence-corrected chi connectivity index (χ0v) is 15.3. The summed E-state index contributed by atoms with van der Waals surface area (Å²) < 4.78 is 11.0. The van der Waals surface area contributed by atoms with Crippen molar-refractivity contribution >= 4 is 17.6 Å². The largest absolute Gasteiger partial charge is 0.497 e. The summed E-state index contributed by atoms with van der Waals surface area (Å²) >= 11 is 0. The topological polar surface area (TPSA) is 62.2 Å². The minimum Gasteiger partial charge on any atom is -0.497 e. The van der Waals surface area contributed by atoms with Gasteiger partial charge in [-0.05, 0) is 30.3 Å². The molecule has 3 heterocycles. The lowest BCUT2D eigenvalue weighted by molar-refractivity contribution is 0.0189. The molecule has 1 unspecified atom stereocenters. The van der Waals surface area contributed by atoms with Crippen LogP contribution in [-0.4, -0.2) is 55.8 Å². The second-order valence-electron chi connectivity index (χ2n) is 6.28. The van der Waals surface area contributed by atoms with E-state index in [0.717, 1.165) is 36.0 Å². The third-order valence-electron chi connectivity index (χ3n) is 4.58. The van der Waals surface area contributed by atoms with Crippen LogP contribution in [0.25, 0.3) is 0 Å². The number of hydrogen-bond donors (Lipinski definition) is 1. The molecule has 4 rings (SSSR count). The molecule has 0 bridgehead atoms. The number of morpholine rings is 1. The molecule has 0 saturated carbocycles. The van der Waals surface area contributed by atoms with Crippen molar-refractivity contribution in [2.45, 2.75) is 6.29 Å². The van der Waals surface area contributed by atoms with Crippen LogP contribution in [0.5, 0.6) is 5.75 Å². The number of rotatable bonds is 5. The van der Waals surface area contributed by atoms with Crippen molar-refractivity contribution in [1.82, 2.24) is 9.88 Å². The molecular weight excluding hydrogens is 342 g/mol. The highest BCUT2D eigenvalue weighted by atomic mass is 16.5. The fourth-order valence-electron chi connectivity index (χ4n) is 3.25. The zero-order chi connectivity index (χ0) is 18.5. The molecule has 0 spiro atoms. The molecule has 7 heteroatoms. The van der Waals surface area contributed by atoms with Gasteiger partial charge in [0.2, 0.25) is 0 Å². The van der Waals surface area contributed by atoms with Crippen molar-refractivity contribution in [3.63, 3.8) is 0 Å². The van der Waals surface area contributed by atoms with E-state index < -0.39 is 0 Å². The summed E-state index contributed by atoms with van der Waals surface area (Å²) in [5.41, 5.74) is 1.93. The average molecular weight is 365 g/mol. The van der Waals surface area contributed by atoms with Crippen molar-refractivity contribution in [1.29, 1.82) is 0 Å². The van der Waals surface area contributed by atoms with Crippen LogP contribution in [0.2, 0.25) is 0 Å². The van der Waals surface area contributed by atoms with Crippen molar-refractivity contribution in [2.24, 2.45) is 4.99 Å². The summed E-state index contributed by atoms with van der Waals surface area (Å²) in [7, 11) is 1.68. The summed E-state index contributed by atoms with van der Waals surface area (Å²) in [6.07, 6.45) is 7.25. The molecule has 2 aromatic rings. The third-order valence-corrected chi connectivity index (χ3v) is 4.58. The Labute approximate surface area is 158 Å². The van der Waals surface area contributed by atoms with Gasteiger partial charge in [0.05, 0.1) is 32.2 Å². The minimum atomic E-state index is -0.148. The van der Waals surface area contributed by atoms with E-state index in [1.165, 1.54) is 0 Å². The van der Waals surface area contributed by atoms with E-state index in [4.69, 9.17) is 14.5 Å². The molecule has 2 aliphatic heterocycles. The smallest absolute Gasteiger partial charge is 0.184 e. The SMILES string of the molecule is COc1cccc(N2C(Nc3cccnc3)=CC=NC2N2CCOCC2)c1. The van der Waals surface area contributed by atoms with Gasteiger partial charge in [0.1, 0.15) is 11.6 Å². The van der Waals surface area contributed by atoms with E-state index in [1.54, 1.807) is 19.5 Å². The lowest BCUT2D eigenvalue weighted by atomic mass is 10.2. The maximum atomic E-state index is 5.52. The van der Waals surface area contributed by atoms with E-state index in [2.05, 4.69) is 26.2 Å². The zero-order valence-electron chi connectivity index (χ0n) is 15.3. The van der Waals surface area contributed by atoms with E-state index in [9.17, 15) is 0 Å². The molecule has 1 saturated heterocycles. The number of benzene rings is 1. The van der Waals surface area contributed by atoms with Gasteiger partial charge in [-0.3, -0.25) is 19.8 Å². The van der Waals surface area contributed by atoms with Crippen LogP contribution in [0, 0.1) is 0 Å². The van der Waals surface area contributed by atoms with Gasteiger partial charge >= 0.3 is 0 Å². The minimum absolute atomic E-state index is 0.148. The highest BCUT2D eigenvalue weighted by Gasteiger charge is 2.30. The Bertz CT molecular complexity index is 818. The van der Waals surface area contributed by atoms with E-state index in [1.807, 2.05) is 42.6 Å². The van der Waals surface area contributed by atoms with Gasteiger partial charge < -0.3 is 14.8 Å². The number of nitrogens with one attached hydrogen (secondary N) is 1. The Kier molecular flexibility index (Phi) is 5.32. The first-order valence-electron chi connectivity index (χ1n) is 9.01. The van der Waals surface area contributed by atoms with Crippen LogP contribution in [-0.2, 0) is 4.74 Å². The van der Waals surface area contributed by atoms with Crippen LogP contribution in [0.15, 0.2) is 65.7 Å².